The van der Waals surface area contributed by atoms with Crippen LogP contribution in [0.4, 0.5) is 0 Å². The van der Waals surface area contributed by atoms with Crippen LogP contribution in [0.15, 0.2) is 24.3 Å². The van der Waals surface area contributed by atoms with Crippen LogP contribution in [-0.4, -0.2) is 48.4 Å². The van der Waals surface area contributed by atoms with Crippen molar-refractivity contribution >= 4 is 17.8 Å². The average Bonchev–Trinajstić information content (AvgIpc) is 2.67. The highest BCUT2D eigenvalue weighted by molar-refractivity contribution is 5.93. The molecule has 2 amide bonds. The van der Waals surface area contributed by atoms with Crippen molar-refractivity contribution in [1.82, 2.24) is 10.2 Å². The molecular formula is C22H32N2O4. The molecule has 0 bridgehead atoms. The van der Waals surface area contributed by atoms with Gasteiger partial charge >= 0.3 is 5.97 Å². The van der Waals surface area contributed by atoms with E-state index in [0.29, 0.717) is 25.6 Å². The molecule has 2 rings (SSSR count). The summed E-state index contributed by atoms with van der Waals surface area (Å²) in [6.45, 7) is 9.21. The summed E-state index contributed by atoms with van der Waals surface area (Å²) in [4.78, 5) is 39.0. The molecule has 1 saturated heterocycles. The van der Waals surface area contributed by atoms with E-state index in [4.69, 9.17) is 4.74 Å². The van der Waals surface area contributed by atoms with Gasteiger partial charge in [0, 0.05) is 13.1 Å². The number of ether oxygens (including phenoxy) is 1. The largest absolute Gasteiger partial charge is 0.466 e. The van der Waals surface area contributed by atoms with Gasteiger partial charge in [-0.2, -0.15) is 0 Å². The molecular weight excluding hydrogens is 356 g/mol. The van der Waals surface area contributed by atoms with Gasteiger partial charge in [-0.05, 0) is 36.8 Å². The molecule has 0 aliphatic carbocycles. The second-order valence-corrected chi connectivity index (χ2v) is 7.82. The summed E-state index contributed by atoms with van der Waals surface area (Å²) in [6.07, 6.45) is 1.60. The molecule has 1 fully saturated rings. The van der Waals surface area contributed by atoms with E-state index in [1.54, 1.807) is 0 Å². The molecule has 1 N–H and O–H groups in total. The predicted molar refractivity (Wildman–Crippen MR) is 108 cm³/mol. The van der Waals surface area contributed by atoms with E-state index in [1.807, 2.05) is 26.0 Å². The molecule has 1 aromatic rings. The second-order valence-electron chi connectivity index (χ2n) is 7.82. The molecule has 1 heterocycles. The van der Waals surface area contributed by atoms with Crippen molar-refractivity contribution < 1.29 is 19.1 Å². The van der Waals surface area contributed by atoms with Gasteiger partial charge in [0.2, 0.25) is 11.8 Å². The summed E-state index contributed by atoms with van der Waals surface area (Å²) >= 11 is 0. The smallest absolute Gasteiger partial charge is 0.308 e. The van der Waals surface area contributed by atoms with Gasteiger partial charge in [-0.3, -0.25) is 14.4 Å². The summed E-state index contributed by atoms with van der Waals surface area (Å²) in [7, 11) is 0. The Balaban J connectivity index is 2.10. The van der Waals surface area contributed by atoms with E-state index < -0.39 is 12.0 Å². The average molecular weight is 389 g/mol. The maximum absolute atomic E-state index is 13.1. The minimum absolute atomic E-state index is 0.113. The topological polar surface area (TPSA) is 75.7 Å². The van der Waals surface area contributed by atoms with E-state index in [9.17, 15) is 14.4 Å². The Morgan fingerprint density at radius 2 is 1.89 bits per heavy atom. The second kappa shape index (κ2) is 10.2. The van der Waals surface area contributed by atoms with Crippen LogP contribution < -0.4 is 5.32 Å². The Bertz CT molecular complexity index is 684. The molecule has 1 aliphatic heterocycles. The summed E-state index contributed by atoms with van der Waals surface area (Å²) in [5, 5.41) is 2.74. The van der Waals surface area contributed by atoms with Crippen LogP contribution in [0.5, 0.6) is 0 Å². The van der Waals surface area contributed by atoms with Crippen LogP contribution in [-0.2, 0) is 25.5 Å². The van der Waals surface area contributed by atoms with Gasteiger partial charge in [0.25, 0.3) is 0 Å². The lowest BCUT2D eigenvalue weighted by Gasteiger charge is -2.36. The van der Waals surface area contributed by atoms with Gasteiger partial charge in [-0.25, -0.2) is 0 Å². The number of rotatable bonds is 8. The van der Waals surface area contributed by atoms with Crippen molar-refractivity contribution in [2.75, 3.05) is 19.7 Å². The van der Waals surface area contributed by atoms with Crippen molar-refractivity contribution in [3.05, 3.63) is 35.4 Å². The normalized spacial score (nSPS) is 18.0. The maximum Gasteiger partial charge on any atom is 0.308 e. The standard InChI is InChI=1S/C22H32N2O4/c1-5-12-28-20(25)14-19-21(26)23-10-11-24(19)22(27)16(4)18-8-6-17(7-9-18)13-15(2)3/h6-9,15-16,19H,5,10-14H2,1-4H3,(H,23,26). The van der Waals surface area contributed by atoms with Crippen molar-refractivity contribution in [3.63, 3.8) is 0 Å². The number of nitrogens with one attached hydrogen (secondary N) is 1. The zero-order chi connectivity index (χ0) is 20.7. The van der Waals surface area contributed by atoms with Gasteiger partial charge in [-0.1, -0.05) is 45.0 Å². The first-order chi connectivity index (χ1) is 13.3. The lowest BCUT2D eigenvalue weighted by molar-refractivity contribution is -0.152. The number of carbonyl (C=O) groups excluding carboxylic acids is 3. The van der Waals surface area contributed by atoms with Crippen molar-refractivity contribution in [2.45, 2.75) is 58.9 Å². The van der Waals surface area contributed by atoms with Crippen LogP contribution >= 0.6 is 0 Å². The van der Waals surface area contributed by atoms with E-state index in [2.05, 4.69) is 31.3 Å². The Kier molecular flexibility index (Phi) is 8.03. The molecule has 2 unspecified atom stereocenters. The van der Waals surface area contributed by atoms with E-state index in [1.165, 1.54) is 10.5 Å². The number of carbonyl (C=O) groups is 3. The van der Waals surface area contributed by atoms with Crippen molar-refractivity contribution in [3.8, 4) is 0 Å². The monoisotopic (exact) mass is 388 g/mol. The fraction of sp³-hybridized carbons (Fsp3) is 0.591. The van der Waals surface area contributed by atoms with Crippen molar-refractivity contribution in [2.24, 2.45) is 5.92 Å². The number of piperazine rings is 1. The Morgan fingerprint density at radius 3 is 2.50 bits per heavy atom. The fourth-order valence-electron chi connectivity index (χ4n) is 3.42. The number of benzene rings is 1. The van der Waals surface area contributed by atoms with Crippen LogP contribution in [0, 0.1) is 5.92 Å². The number of amides is 2. The first-order valence-electron chi connectivity index (χ1n) is 10.2. The summed E-state index contributed by atoms with van der Waals surface area (Å²) < 4.78 is 5.10. The lowest BCUT2D eigenvalue weighted by atomic mass is 9.95. The first-order valence-corrected chi connectivity index (χ1v) is 10.2. The number of hydrogen-bond donors (Lipinski definition) is 1. The minimum atomic E-state index is -0.812. The summed E-state index contributed by atoms with van der Waals surface area (Å²) in [6, 6.07) is 7.26. The fourth-order valence-corrected chi connectivity index (χ4v) is 3.42. The Hall–Kier alpha value is -2.37. The van der Waals surface area contributed by atoms with Crippen LogP contribution in [0.3, 0.4) is 0 Å². The molecule has 6 nitrogen and oxygen atoms in total. The summed E-state index contributed by atoms with van der Waals surface area (Å²) in [5.41, 5.74) is 2.16. The van der Waals surface area contributed by atoms with E-state index >= 15 is 0 Å². The van der Waals surface area contributed by atoms with Gasteiger partial charge in [-0.15, -0.1) is 0 Å². The molecule has 154 valence electrons. The summed E-state index contributed by atoms with van der Waals surface area (Å²) in [5.74, 6) is -0.696. The lowest BCUT2D eigenvalue weighted by Crippen LogP contribution is -2.58. The Labute approximate surface area is 167 Å². The number of nitrogens with zero attached hydrogens (tertiary/aromatic N) is 1. The van der Waals surface area contributed by atoms with Gasteiger partial charge < -0.3 is 15.0 Å². The zero-order valence-corrected chi connectivity index (χ0v) is 17.4. The highest BCUT2D eigenvalue weighted by Gasteiger charge is 2.37. The number of esters is 1. The van der Waals surface area contributed by atoms with Crippen LogP contribution in [0.25, 0.3) is 0 Å². The predicted octanol–water partition coefficient (Wildman–Crippen LogP) is 2.66. The van der Waals surface area contributed by atoms with E-state index in [0.717, 1.165) is 18.4 Å². The molecule has 28 heavy (non-hydrogen) atoms. The molecule has 1 aromatic carbocycles. The molecule has 0 radical (unpaired) electrons. The molecule has 6 heteroatoms. The third-order valence-electron chi connectivity index (χ3n) is 4.94. The highest BCUT2D eigenvalue weighted by atomic mass is 16.5. The molecule has 1 aliphatic rings. The Morgan fingerprint density at radius 1 is 1.21 bits per heavy atom. The third-order valence-corrected chi connectivity index (χ3v) is 4.94. The van der Waals surface area contributed by atoms with Gasteiger partial charge in [0.05, 0.1) is 18.9 Å². The van der Waals surface area contributed by atoms with Crippen LogP contribution in [0.2, 0.25) is 0 Å². The maximum atomic E-state index is 13.1. The van der Waals surface area contributed by atoms with Gasteiger partial charge in [0.15, 0.2) is 0 Å². The first kappa shape index (κ1) is 21.9. The highest BCUT2D eigenvalue weighted by Crippen LogP contribution is 2.23. The SMILES string of the molecule is CCCOC(=O)CC1C(=O)NCCN1C(=O)C(C)c1ccc(CC(C)C)cc1. The quantitative estimate of drug-likeness (QED) is 0.695. The third kappa shape index (κ3) is 5.81. The molecule has 0 spiro atoms. The molecule has 2 atom stereocenters. The van der Waals surface area contributed by atoms with Crippen molar-refractivity contribution in [1.29, 1.82) is 0 Å². The van der Waals surface area contributed by atoms with E-state index in [-0.39, 0.29) is 24.2 Å². The zero-order valence-electron chi connectivity index (χ0n) is 17.4. The number of hydrogen-bond acceptors (Lipinski definition) is 4. The molecule has 0 saturated carbocycles. The van der Waals surface area contributed by atoms with Crippen LogP contribution in [0.1, 0.15) is 57.6 Å². The minimum Gasteiger partial charge on any atom is -0.466 e. The molecule has 0 aromatic heterocycles. The van der Waals surface area contributed by atoms with Gasteiger partial charge in [0.1, 0.15) is 6.04 Å².